The number of nitrogens with one attached hydrogen (secondary N) is 7. The van der Waals surface area contributed by atoms with Crippen LogP contribution < -0.4 is 49.1 Å². The van der Waals surface area contributed by atoms with E-state index < -0.39 is 67.6 Å². The van der Waals surface area contributed by atoms with Crippen molar-refractivity contribution in [3.05, 3.63) is 182 Å². The topological polar surface area (TPSA) is 526 Å². The summed E-state index contributed by atoms with van der Waals surface area (Å²) in [6.45, 7) is 24.5. The van der Waals surface area contributed by atoms with Crippen LogP contribution in [0.3, 0.4) is 0 Å². The summed E-state index contributed by atoms with van der Waals surface area (Å²) in [4.78, 5) is 135. The number of H-pyrrole nitrogens is 1. The van der Waals surface area contributed by atoms with Crippen LogP contribution >= 0.6 is 11.6 Å². The minimum atomic E-state index is -0.680. The van der Waals surface area contributed by atoms with Gasteiger partial charge in [-0.15, -0.1) is 0 Å². The maximum Gasteiger partial charge on any atom is 0.407 e. The zero-order valence-electron chi connectivity index (χ0n) is 79.2. The van der Waals surface area contributed by atoms with E-state index in [1.54, 1.807) is 50.3 Å². The van der Waals surface area contributed by atoms with Gasteiger partial charge in [-0.2, -0.15) is 0 Å². The molecule has 13 heterocycles. The molecule has 13 aromatic rings. The summed E-state index contributed by atoms with van der Waals surface area (Å²) in [6, 6.07) is 12.0. The number of fused-ring (bicyclic) bond motifs is 5. The van der Waals surface area contributed by atoms with Gasteiger partial charge in [-0.3, -0.25) is 42.4 Å². The number of imidazole rings is 5. The Kier molecular flexibility index (Phi) is 32.6. The highest BCUT2D eigenvalue weighted by Crippen LogP contribution is 2.37. The maximum atomic E-state index is 13.8. The molecule has 0 bridgehead atoms. The molecule has 139 heavy (non-hydrogen) atoms. The number of hydrogen-bond acceptors (Lipinski definition) is 29. The van der Waals surface area contributed by atoms with Gasteiger partial charge in [-0.05, 0) is 258 Å². The molecule has 46 heteroatoms. The molecule has 0 aromatic carbocycles. The number of aromatic nitrogens is 18. The average Bonchev–Trinajstić information content (AvgIpc) is 1.61. The third-order valence-electron chi connectivity index (χ3n) is 23.1. The van der Waals surface area contributed by atoms with Gasteiger partial charge in [0.1, 0.15) is 109 Å². The molecule has 11 N–H and O–H groups in total. The number of pyridine rings is 4. The van der Waals surface area contributed by atoms with Crippen LogP contribution in [-0.4, -0.2) is 188 Å². The van der Waals surface area contributed by atoms with Crippen LogP contribution in [0.5, 0.6) is 0 Å². The van der Waals surface area contributed by atoms with Crippen LogP contribution in [0.25, 0.3) is 79.8 Å². The van der Waals surface area contributed by atoms with Crippen molar-refractivity contribution in [3.63, 3.8) is 0 Å². The van der Waals surface area contributed by atoms with E-state index in [0.29, 0.717) is 136 Å². The number of ether oxygens (including phenoxy) is 4. The number of amides is 4. The predicted molar refractivity (Wildman–Crippen MR) is 510 cm³/mol. The first kappa shape index (κ1) is 102. The molecule has 0 radical (unpaired) electrons. The molecule has 0 unspecified atom stereocenters. The van der Waals surface area contributed by atoms with Gasteiger partial charge in [0, 0.05) is 75.1 Å². The van der Waals surface area contributed by atoms with E-state index in [4.69, 9.17) is 42.0 Å². The highest BCUT2D eigenvalue weighted by molar-refractivity contribution is 6.31. The number of carbonyl (C=O) groups excluding carboxylic acids is 4. The van der Waals surface area contributed by atoms with Gasteiger partial charge in [0.05, 0.1) is 52.7 Å². The molecule has 4 saturated carbocycles. The summed E-state index contributed by atoms with van der Waals surface area (Å²) in [5, 5.41) is 39.9. The lowest BCUT2D eigenvalue weighted by Crippen LogP contribution is -2.37. The van der Waals surface area contributed by atoms with E-state index in [2.05, 4.69) is 96.7 Å². The van der Waals surface area contributed by atoms with Crippen LogP contribution in [0.15, 0.2) is 128 Å². The van der Waals surface area contributed by atoms with Crippen molar-refractivity contribution in [3.8, 4) is 46.1 Å². The maximum absolute atomic E-state index is 13.8. The van der Waals surface area contributed by atoms with Crippen molar-refractivity contribution in [1.82, 2.24) is 108 Å². The van der Waals surface area contributed by atoms with Gasteiger partial charge < -0.3 is 67.3 Å². The van der Waals surface area contributed by atoms with Crippen LogP contribution in [0.4, 0.5) is 65.4 Å². The Morgan fingerprint density at radius 1 is 0.424 bits per heavy atom. The SMILES string of the molecule is CC(C)(C)OC(=O)NCC1CCC(N)CC1.CC(C)(C)OC(=O)NCC1CCC(Nc2nc(-c3cnc4ccc(F)cn34)ncc2N)CC1.CC(C)(C)OC(=O)NCC1CCC(Nc2nc(-c3cnc4ccc(F)cn34)ncc2[N+](=O)[O-])CC1.CC(C)(C)OC(=O)NCC1CCC(n2c(=O)[nH]c3cnc(-c4cnc5ccc(F)cn45)nc32)CC1.O=[N+]([O-])c1cnc(-c2cnc3ccc(F)cn23)nc1Cl. The molecular formula is C93H115ClF4N28O13. The van der Waals surface area contributed by atoms with Crippen molar-refractivity contribution in [2.45, 2.75) is 232 Å². The van der Waals surface area contributed by atoms with E-state index in [-0.39, 0.29) is 70.1 Å². The molecule has 4 aliphatic carbocycles. The van der Waals surface area contributed by atoms with Gasteiger partial charge >= 0.3 is 41.4 Å². The second kappa shape index (κ2) is 44.4. The Labute approximate surface area is 800 Å². The number of halogens is 5. The largest absolute Gasteiger partial charge is 0.444 e. The fourth-order valence-electron chi connectivity index (χ4n) is 16.4. The molecule has 17 rings (SSSR count). The third kappa shape index (κ3) is 28.4. The standard InChI is InChI=1S/C24H28FN7O3.C23H28FN7O4.C23H30FN7O2.C12H24N2O2.C11H5ClFN5O2/c1-24(2,3)35-23(34)28-10-14-4-7-16(8-5-14)32-21-17(29-22(32)33)11-27-20(30-21)18-12-26-19-9-6-15(25)13-31(18)19;1-23(2,3)35-22(32)27-10-14-4-7-16(8-5-14)28-21-18(31(33)34)12-26-20(29-21)17-11-25-19-9-6-15(24)13-30(17)19;1-23(2,3)33-22(32)28-10-14-4-7-16(8-5-14)29-20-17(25)11-27-21(30-20)18-12-26-19-9-6-15(24)13-31(18)19;1-12(2,3)16-11(15)14-8-9-4-6-10(13)7-5-9;12-10-7(18(19)20)3-15-11(16-10)8-4-14-9-2-1-6(13)5-17(8)9/h6,9,11-14,16H,4-5,7-8,10H2,1-3H3,(H,28,34)(H,29,33);6,9,11-14,16H,4-5,7-8,10H2,1-3H3,(H,27,32)(H,26,28,29);6,9,11-14,16H,4-5,7-8,10,25H2,1-3H3,(H,28,32)(H,27,29,30);9-10H,4-8,13H2,1-3H3,(H,14,15);1-5H. The predicted octanol–water partition coefficient (Wildman–Crippen LogP) is 16.7. The van der Waals surface area contributed by atoms with Crippen LogP contribution in [0.2, 0.25) is 5.15 Å². The minimum absolute atomic E-state index is 0.0172. The number of nitrogens with zero attached hydrogens (tertiary/aromatic N) is 19. The molecule has 4 aliphatic rings. The molecule has 0 spiro atoms. The lowest BCUT2D eigenvalue weighted by atomic mass is 9.86. The number of nitro groups is 2. The van der Waals surface area contributed by atoms with Crippen molar-refractivity contribution < 1.29 is 65.5 Å². The number of aromatic amines is 1. The minimum Gasteiger partial charge on any atom is -0.444 e. The summed E-state index contributed by atoms with van der Waals surface area (Å²) < 4.78 is 83.4. The number of nitrogen functional groups attached to an aromatic ring is 1. The Morgan fingerprint density at radius 3 is 1.09 bits per heavy atom. The molecule has 41 nitrogen and oxygen atoms in total. The monoisotopic (exact) mass is 1940 g/mol. The Bertz CT molecular complexity index is 6590. The molecule has 13 aromatic heterocycles. The van der Waals surface area contributed by atoms with Gasteiger partial charge in [0.15, 0.2) is 34.8 Å². The van der Waals surface area contributed by atoms with E-state index in [1.165, 1.54) is 82.4 Å². The third-order valence-corrected chi connectivity index (χ3v) is 23.4. The average molecular weight is 1940 g/mol. The first-order chi connectivity index (χ1) is 65.9. The summed E-state index contributed by atoms with van der Waals surface area (Å²) in [6.07, 6.45) is 29.7. The first-order valence-electron chi connectivity index (χ1n) is 45.8. The summed E-state index contributed by atoms with van der Waals surface area (Å²) >= 11 is 5.73. The number of anilines is 3. The second-order valence-corrected chi connectivity index (χ2v) is 39.0. The fraction of sp³-hybridized carbons (Fsp3) is 0.473. The highest BCUT2D eigenvalue weighted by atomic mass is 35.5. The number of carbonyl (C=O) groups is 4. The van der Waals surface area contributed by atoms with Gasteiger partial charge in [-0.25, -0.2) is 101 Å². The highest BCUT2D eigenvalue weighted by Gasteiger charge is 2.33. The Hall–Kier alpha value is -14.4. The Balaban J connectivity index is 0.000000150. The number of rotatable bonds is 19. The molecule has 0 aliphatic heterocycles. The van der Waals surface area contributed by atoms with Crippen molar-refractivity contribution in [2.24, 2.45) is 29.4 Å². The summed E-state index contributed by atoms with van der Waals surface area (Å²) in [5.41, 5.74) is 14.7. The van der Waals surface area contributed by atoms with E-state index in [1.807, 2.05) is 83.1 Å². The Morgan fingerprint density at radius 2 is 0.734 bits per heavy atom. The van der Waals surface area contributed by atoms with Crippen LogP contribution in [0, 0.1) is 67.2 Å². The van der Waals surface area contributed by atoms with Gasteiger partial charge in [0.2, 0.25) is 11.0 Å². The number of alkyl carbamates (subject to hydrolysis) is 4. The molecule has 0 atom stereocenters. The molecule has 0 saturated heterocycles. The quantitative estimate of drug-likeness (QED) is 0.0119. The molecule has 4 amide bonds. The van der Waals surface area contributed by atoms with Gasteiger partial charge in [0.25, 0.3) is 0 Å². The van der Waals surface area contributed by atoms with Crippen molar-refractivity contribution >= 4 is 98.4 Å². The zero-order chi connectivity index (χ0) is 100.0. The molecule has 740 valence electrons. The van der Waals surface area contributed by atoms with E-state index in [0.717, 1.165) is 115 Å². The smallest absolute Gasteiger partial charge is 0.407 e. The van der Waals surface area contributed by atoms with Crippen molar-refractivity contribution in [2.75, 3.05) is 42.5 Å². The fourth-order valence-corrected chi connectivity index (χ4v) is 16.6. The van der Waals surface area contributed by atoms with E-state index in [9.17, 15) is 61.8 Å². The number of nitrogens with two attached hydrogens (primary N) is 2. The summed E-state index contributed by atoms with van der Waals surface area (Å²) in [5.74, 6) is 1.69. The van der Waals surface area contributed by atoms with Crippen LogP contribution in [0.1, 0.15) is 192 Å². The summed E-state index contributed by atoms with van der Waals surface area (Å²) in [7, 11) is 0. The molecule has 4 fully saturated rings. The first-order valence-corrected chi connectivity index (χ1v) is 46.2. The lowest BCUT2D eigenvalue weighted by Gasteiger charge is -2.30. The van der Waals surface area contributed by atoms with Gasteiger partial charge in [-0.1, -0.05) is 11.6 Å². The zero-order valence-corrected chi connectivity index (χ0v) is 79.9. The lowest BCUT2D eigenvalue weighted by molar-refractivity contribution is -0.385. The van der Waals surface area contributed by atoms with Crippen molar-refractivity contribution in [1.29, 1.82) is 0 Å². The normalized spacial score (nSPS) is 18.4. The number of hydrogen-bond donors (Lipinski definition) is 9. The van der Waals surface area contributed by atoms with Crippen LogP contribution in [-0.2, 0) is 18.9 Å². The second-order valence-electron chi connectivity index (χ2n) is 38.6. The van der Waals surface area contributed by atoms with E-state index >= 15 is 0 Å². The molecular weight excluding hydrogens is 1830 g/mol.